The van der Waals surface area contributed by atoms with E-state index in [0.29, 0.717) is 42.8 Å². The van der Waals surface area contributed by atoms with Crippen molar-refractivity contribution in [3.8, 4) is 17.2 Å². The minimum Gasteiger partial charge on any atom is -0.490 e. The third-order valence-corrected chi connectivity index (χ3v) is 4.22. The number of nitrogens with one attached hydrogen (secondary N) is 2. The first-order valence-electron chi connectivity index (χ1n) is 8.89. The van der Waals surface area contributed by atoms with Crippen LogP contribution in [0.25, 0.3) is 0 Å². The van der Waals surface area contributed by atoms with Crippen molar-refractivity contribution >= 4 is 29.2 Å². The summed E-state index contributed by atoms with van der Waals surface area (Å²) in [5.41, 5.74) is 1.28. The van der Waals surface area contributed by atoms with Crippen LogP contribution in [-0.2, 0) is 0 Å². The van der Waals surface area contributed by atoms with Crippen molar-refractivity contribution in [1.29, 1.82) is 0 Å². The molecule has 0 saturated carbocycles. The average Bonchev–Trinajstić information content (AvgIpc) is 2.65. The van der Waals surface area contributed by atoms with Crippen molar-refractivity contribution < 1.29 is 19.0 Å². The van der Waals surface area contributed by atoms with Crippen molar-refractivity contribution in [2.45, 2.75) is 25.7 Å². The molecule has 0 aromatic heterocycles. The lowest BCUT2D eigenvalue weighted by Gasteiger charge is -2.17. The predicted octanol–water partition coefficient (Wildman–Crippen LogP) is 5.25. The van der Waals surface area contributed by atoms with E-state index in [9.17, 15) is 4.79 Å². The number of hydrogen-bond donors (Lipinski definition) is 2. The van der Waals surface area contributed by atoms with Crippen molar-refractivity contribution in [3.05, 3.63) is 36.4 Å². The summed E-state index contributed by atoms with van der Waals surface area (Å²) in [5.74, 6) is 1.61. The van der Waals surface area contributed by atoms with E-state index in [4.69, 9.17) is 14.2 Å². The fraction of sp³-hybridized carbons (Fsp3) is 0.350. The summed E-state index contributed by atoms with van der Waals surface area (Å²) in [6.07, 6.45) is 1.99. The zero-order valence-corrected chi connectivity index (χ0v) is 16.9. The van der Waals surface area contributed by atoms with E-state index in [-0.39, 0.29) is 6.03 Å². The van der Waals surface area contributed by atoms with Gasteiger partial charge in [-0.15, -0.1) is 11.8 Å². The highest BCUT2D eigenvalue weighted by Crippen LogP contribution is 2.40. The van der Waals surface area contributed by atoms with Crippen LogP contribution in [0.5, 0.6) is 17.2 Å². The van der Waals surface area contributed by atoms with Gasteiger partial charge in [0, 0.05) is 22.7 Å². The zero-order chi connectivity index (χ0) is 19.6. The molecule has 2 N–H and O–H groups in total. The van der Waals surface area contributed by atoms with Crippen LogP contribution in [0.15, 0.2) is 41.3 Å². The number of carbonyl (C=O) groups excluding carboxylic acids is 1. The molecule has 0 aliphatic heterocycles. The normalized spacial score (nSPS) is 10.2. The molecule has 0 aliphatic carbocycles. The largest absolute Gasteiger partial charge is 0.490 e. The van der Waals surface area contributed by atoms with Crippen LogP contribution in [0.4, 0.5) is 16.2 Å². The number of benzene rings is 2. The summed E-state index contributed by atoms with van der Waals surface area (Å²) in [4.78, 5) is 13.5. The molecular formula is C20H26N2O4S. The molecule has 0 radical (unpaired) electrons. The molecule has 0 saturated heterocycles. The summed E-state index contributed by atoms with van der Waals surface area (Å²) in [6, 6.07) is 10.8. The topological polar surface area (TPSA) is 68.8 Å². The van der Waals surface area contributed by atoms with Crippen LogP contribution in [-0.4, -0.2) is 32.1 Å². The van der Waals surface area contributed by atoms with Crippen molar-refractivity contribution in [2.75, 3.05) is 36.7 Å². The highest BCUT2D eigenvalue weighted by Gasteiger charge is 2.16. The maximum Gasteiger partial charge on any atom is 0.323 e. The Hall–Kier alpha value is -2.54. The summed E-state index contributed by atoms with van der Waals surface area (Å²) >= 11 is 1.62. The first kappa shape index (κ1) is 20.8. The first-order valence-corrected chi connectivity index (χ1v) is 10.1. The second-order valence-electron chi connectivity index (χ2n) is 5.41. The fourth-order valence-electron chi connectivity index (χ4n) is 2.46. The number of ether oxygens (including phenoxy) is 3. The first-order chi connectivity index (χ1) is 13.1. The summed E-state index contributed by atoms with van der Waals surface area (Å²) < 4.78 is 17.0. The van der Waals surface area contributed by atoms with Gasteiger partial charge in [-0.2, -0.15) is 0 Å². The Balaban J connectivity index is 2.21. The Morgan fingerprint density at radius 1 is 0.889 bits per heavy atom. The molecule has 0 unspecified atom stereocenters. The molecule has 2 amide bonds. The van der Waals surface area contributed by atoms with Gasteiger partial charge in [-0.1, -0.05) is 6.07 Å². The number of rotatable bonds is 9. The van der Waals surface area contributed by atoms with Gasteiger partial charge < -0.3 is 24.8 Å². The number of amides is 2. The molecule has 27 heavy (non-hydrogen) atoms. The van der Waals surface area contributed by atoms with Gasteiger partial charge in [0.1, 0.15) is 0 Å². The van der Waals surface area contributed by atoms with Gasteiger partial charge >= 0.3 is 6.03 Å². The Kier molecular flexibility index (Phi) is 8.13. The van der Waals surface area contributed by atoms with E-state index in [0.717, 1.165) is 10.6 Å². The molecule has 6 nitrogen and oxygen atoms in total. The highest BCUT2D eigenvalue weighted by atomic mass is 32.2. The van der Waals surface area contributed by atoms with Crippen LogP contribution in [0.2, 0.25) is 0 Å². The SMILES string of the molecule is CCOc1cc(NC(=O)Nc2cccc(SC)c2)cc(OCC)c1OCC. The molecule has 146 valence electrons. The number of urea groups is 1. The van der Waals surface area contributed by atoms with E-state index in [1.807, 2.05) is 51.3 Å². The maximum atomic E-state index is 12.4. The van der Waals surface area contributed by atoms with Crippen molar-refractivity contribution in [2.24, 2.45) is 0 Å². The minimum absolute atomic E-state index is 0.345. The average molecular weight is 391 g/mol. The predicted molar refractivity (Wildman–Crippen MR) is 111 cm³/mol. The number of hydrogen-bond acceptors (Lipinski definition) is 5. The molecule has 0 bridgehead atoms. The molecule has 0 spiro atoms. The number of carbonyl (C=O) groups is 1. The summed E-state index contributed by atoms with van der Waals surface area (Å²) in [6.45, 7) is 7.11. The van der Waals surface area contributed by atoms with Gasteiger partial charge in [-0.3, -0.25) is 0 Å². The Morgan fingerprint density at radius 2 is 1.48 bits per heavy atom. The van der Waals surface area contributed by atoms with Gasteiger partial charge in [0.15, 0.2) is 11.5 Å². The number of thioether (sulfide) groups is 1. The van der Waals surface area contributed by atoms with Gasteiger partial charge in [0.25, 0.3) is 0 Å². The molecule has 0 aliphatic rings. The maximum absolute atomic E-state index is 12.4. The molecular weight excluding hydrogens is 364 g/mol. The monoisotopic (exact) mass is 390 g/mol. The van der Waals surface area contributed by atoms with Crippen molar-refractivity contribution in [3.63, 3.8) is 0 Å². The molecule has 2 aromatic carbocycles. The minimum atomic E-state index is -0.345. The molecule has 7 heteroatoms. The molecule has 0 heterocycles. The lowest BCUT2D eigenvalue weighted by molar-refractivity contribution is 0.260. The van der Waals surface area contributed by atoms with E-state index in [1.54, 1.807) is 23.9 Å². The Labute approximate surface area is 164 Å². The van der Waals surface area contributed by atoms with Crippen LogP contribution >= 0.6 is 11.8 Å². The zero-order valence-electron chi connectivity index (χ0n) is 16.1. The second-order valence-corrected chi connectivity index (χ2v) is 6.29. The van der Waals surface area contributed by atoms with E-state index < -0.39 is 0 Å². The molecule has 2 aromatic rings. The lowest BCUT2D eigenvalue weighted by atomic mass is 10.2. The lowest BCUT2D eigenvalue weighted by Crippen LogP contribution is -2.19. The van der Waals surface area contributed by atoms with E-state index in [1.165, 1.54) is 0 Å². The van der Waals surface area contributed by atoms with Crippen molar-refractivity contribution in [1.82, 2.24) is 0 Å². The van der Waals surface area contributed by atoms with Crippen LogP contribution in [0.1, 0.15) is 20.8 Å². The van der Waals surface area contributed by atoms with Gasteiger partial charge in [0.2, 0.25) is 5.75 Å². The smallest absolute Gasteiger partial charge is 0.323 e. The molecule has 0 atom stereocenters. The molecule has 2 rings (SSSR count). The van der Waals surface area contributed by atoms with E-state index >= 15 is 0 Å². The summed E-state index contributed by atoms with van der Waals surface area (Å²) in [7, 11) is 0. The second kappa shape index (κ2) is 10.6. The Morgan fingerprint density at radius 3 is 2.04 bits per heavy atom. The quantitative estimate of drug-likeness (QED) is 0.573. The van der Waals surface area contributed by atoms with Crippen LogP contribution in [0.3, 0.4) is 0 Å². The van der Waals surface area contributed by atoms with Gasteiger partial charge in [0.05, 0.1) is 25.5 Å². The Bertz CT molecular complexity index is 740. The third-order valence-electron chi connectivity index (χ3n) is 3.49. The number of anilines is 2. The van der Waals surface area contributed by atoms with E-state index in [2.05, 4.69) is 10.6 Å². The van der Waals surface area contributed by atoms with Crippen LogP contribution < -0.4 is 24.8 Å². The van der Waals surface area contributed by atoms with Crippen LogP contribution in [0, 0.1) is 0 Å². The third kappa shape index (κ3) is 5.99. The molecule has 0 fully saturated rings. The summed E-state index contributed by atoms with van der Waals surface area (Å²) in [5, 5.41) is 5.65. The van der Waals surface area contributed by atoms with Gasteiger partial charge in [-0.25, -0.2) is 4.79 Å². The standard InChI is InChI=1S/C20H26N2O4S/c1-5-24-17-12-15(13-18(25-6-2)19(17)26-7-3)22-20(23)21-14-9-8-10-16(11-14)27-4/h8-13H,5-7H2,1-4H3,(H2,21,22,23). The highest BCUT2D eigenvalue weighted by molar-refractivity contribution is 7.98. The fourth-order valence-corrected chi connectivity index (χ4v) is 2.91. The van der Waals surface area contributed by atoms with Gasteiger partial charge in [-0.05, 0) is 45.2 Å².